The van der Waals surface area contributed by atoms with Crippen molar-refractivity contribution < 1.29 is 17.9 Å². The van der Waals surface area contributed by atoms with E-state index in [1.165, 1.54) is 18.2 Å². The minimum absolute atomic E-state index is 0.0825. The molecule has 1 nitrogen and oxygen atoms in total. The van der Waals surface area contributed by atoms with Crippen molar-refractivity contribution in [2.45, 2.75) is 6.18 Å². The van der Waals surface area contributed by atoms with Crippen LogP contribution in [-0.4, -0.2) is 11.2 Å². The SMILES string of the molecule is FC(F)(F)C(=S)Oc1ccccc1Cl. The molecule has 0 N–H and O–H groups in total. The van der Waals surface area contributed by atoms with Crippen LogP contribution in [0.5, 0.6) is 5.75 Å². The molecule has 76 valence electrons. The number of hydrogen-bond acceptors (Lipinski definition) is 2. The summed E-state index contributed by atoms with van der Waals surface area (Å²) in [6, 6.07) is 5.79. The maximum absolute atomic E-state index is 12.0. The Morgan fingerprint density at radius 2 is 1.86 bits per heavy atom. The summed E-state index contributed by atoms with van der Waals surface area (Å²) in [6.07, 6.45) is -4.64. The van der Waals surface area contributed by atoms with E-state index in [1.807, 2.05) is 0 Å². The van der Waals surface area contributed by atoms with Crippen molar-refractivity contribution in [2.75, 3.05) is 0 Å². The maximum Gasteiger partial charge on any atom is 0.460 e. The molecule has 0 radical (unpaired) electrons. The second-order valence-corrected chi connectivity index (χ2v) is 3.10. The largest absolute Gasteiger partial charge is 0.460 e. The van der Waals surface area contributed by atoms with Gasteiger partial charge in [0.1, 0.15) is 5.75 Å². The number of hydrogen-bond donors (Lipinski definition) is 0. The van der Waals surface area contributed by atoms with E-state index in [9.17, 15) is 13.2 Å². The summed E-state index contributed by atoms with van der Waals surface area (Å²) in [5.41, 5.74) is 0. The van der Waals surface area contributed by atoms with Crippen molar-refractivity contribution in [1.29, 1.82) is 0 Å². The number of rotatable bonds is 1. The van der Waals surface area contributed by atoms with Gasteiger partial charge in [-0.25, -0.2) is 0 Å². The fraction of sp³-hybridized carbons (Fsp3) is 0.125. The highest BCUT2D eigenvalue weighted by molar-refractivity contribution is 7.80. The van der Waals surface area contributed by atoms with Gasteiger partial charge in [0.15, 0.2) is 0 Å². The van der Waals surface area contributed by atoms with Crippen LogP contribution in [0.3, 0.4) is 0 Å². The topological polar surface area (TPSA) is 9.23 Å². The Bertz CT molecular complexity index is 351. The van der Waals surface area contributed by atoms with Crippen LogP contribution >= 0.6 is 23.8 Å². The van der Waals surface area contributed by atoms with Crippen LogP contribution in [0.25, 0.3) is 0 Å². The third-order valence-corrected chi connectivity index (χ3v) is 1.90. The molecule has 0 atom stereocenters. The zero-order valence-corrected chi connectivity index (χ0v) is 8.21. The van der Waals surface area contributed by atoms with Gasteiger partial charge in [-0.05, 0) is 24.4 Å². The van der Waals surface area contributed by atoms with E-state index in [0.29, 0.717) is 0 Å². The second kappa shape index (κ2) is 4.14. The summed E-state index contributed by atoms with van der Waals surface area (Å²) in [7, 11) is 0. The van der Waals surface area contributed by atoms with Crippen molar-refractivity contribution in [3.05, 3.63) is 29.3 Å². The molecule has 1 rings (SSSR count). The molecule has 0 aliphatic heterocycles. The average molecular weight is 241 g/mol. The lowest BCUT2D eigenvalue weighted by atomic mass is 10.3. The minimum Gasteiger partial charge on any atom is -0.440 e. The third kappa shape index (κ3) is 2.85. The minimum atomic E-state index is -4.64. The molecule has 0 saturated heterocycles. The zero-order valence-electron chi connectivity index (χ0n) is 6.64. The molecule has 0 fully saturated rings. The molecule has 0 aliphatic carbocycles. The van der Waals surface area contributed by atoms with E-state index in [0.717, 1.165) is 0 Å². The van der Waals surface area contributed by atoms with E-state index in [-0.39, 0.29) is 10.8 Å². The molecule has 6 heteroatoms. The van der Waals surface area contributed by atoms with Crippen LogP contribution in [0.4, 0.5) is 13.2 Å². The van der Waals surface area contributed by atoms with Gasteiger partial charge in [-0.1, -0.05) is 23.7 Å². The Kier molecular flexibility index (Phi) is 3.34. The molecule has 0 spiro atoms. The monoisotopic (exact) mass is 240 g/mol. The highest BCUT2D eigenvalue weighted by Gasteiger charge is 2.37. The molecule has 0 saturated carbocycles. The van der Waals surface area contributed by atoms with Crippen LogP contribution in [0.15, 0.2) is 24.3 Å². The molecule has 14 heavy (non-hydrogen) atoms. The van der Waals surface area contributed by atoms with Crippen LogP contribution in [0.1, 0.15) is 0 Å². The smallest absolute Gasteiger partial charge is 0.440 e. The summed E-state index contributed by atoms with van der Waals surface area (Å²) >= 11 is 9.59. The Balaban J connectivity index is 2.80. The van der Waals surface area contributed by atoms with Gasteiger partial charge >= 0.3 is 6.18 Å². The Hall–Kier alpha value is -0.810. The lowest BCUT2D eigenvalue weighted by molar-refractivity contribution is -0.0676. The van der Waals surface area contributed by atoms with Crippen LogP contribution in [0, 0.1) is 0 Å². The second-order valence-electron chi connectivity index (χ2n) is 2.32. The molecular weight excluding hydrogens is 237 g/mol. The Labute approximate surface area is 88.4 Å². The van der Waals surface area contributed by atoms with Gasteiger partial charge in [-0.3, -0.25) is 0 Å². The first kappa shape index (κ1) is 11.3. The molecule has 1 aromatic carbocycles. The van der Waals surface area contributed by atoms with Gasteiger partial charge in [0.25, 0.3) is 5.05 Å². The van der Waals surface area contributed by atoms with Crippen LogP contribution in [0.2, 0.25) is 5.02 Å². The van der Waals surface area contributed by atoms with E-state index >= 15 is 0 Å². The van der Waals surface area contributed by atoms with E-state index < -0.39 is 11.2 Å². The maximum atomic E-state index is 12.0. The predicted octanol–water partition coefficient (Wildman–Crippen LogP) is 3.61. The van der Waals surface area contributed by atoms with E-state index in [4.69, 9.17) is 11.6 Å². The Morgan fingerprint density at radius 3 is 2.36 bits per heavy atom. The summed E-state index contributed by atoms with van der Waals surface area (Å²) in [4.78, 5) is 0. The molecular formula is C8H4ClF3OS. The van der Waals surface area contributed by atoms with Gasteiger partial charge in [0.2, 0.25) is 0 Å². The quantitative estimate of drug-likeness (QED) is 0.694. The summed E-state index contributed by atoms with van der Waals surface area (Å²) in [5.74, 6) is -0.100. The number of para-hydroxylation sites is 1. The fourth-order valence-corrected chi connectivity index (χ4v) is 0.949. The molecule has 0 bridgehead atoms. The van der Waals surface area contributed by atoms with Gasteiger partial charge in [0.05, 0.1) is 5.02 Å². The number of alkyl halides is 3. The highest BCUT2D eigenvalue weighted by Crippen LogP contribution is 2.27. The van der Waals surface area contributed by atoms with Crippen LogP contribution in [-0.2, 0) is 0 Å². The first-order valence-electron chi connectivity index (χ1n) is 3.45. The Morgan fingerprint density at radius 1 is 1.29 bits per heavy atom. The summed E-state index contributed by atoms with van der Waals surface area (Å²) in [6.45, 7) is 0. The lowest BCUT2D eigenvalue weighted by Gasteiger charge is -2.10. The summed E-state index contributed by atoms with van der Waals surface area (Å²) < 4.78 is 40.3. The number of benzene rings is 1. The van der Waals surface area contributed by atoms with Crippen molar-refractivity contribution in [3.8, 4) is 5.75 Å². The van der Waals surface area contributed by atoms with Crippen molar-refractivity contribution >= 4 is 28.9 Å². The summed E-state index contributed by atoms with van der Waals surface area (Å²) in [5, 5.41) is -1.37. The van der Waals surface area contributed by atoms with E-state index in [1.54, 1.807) is 6.07 Å². The van der Waals surface area contributed by atoms with Crippen LogP contribution < -0.4 is 4.74 Å². The standard InChI is InChI=1S/C8H4ClF3OS/c9-5-3-1-2-4-6(5)13-7(14)8(10,11)12/h1-4H. The fourth-order valence-electron chi connectivity index (χ4n) is 0.685. The highest BCUT2D eigenvalue weighted by atomic mass is 35.5. The average Bonchev–Trinajstić information content (AvgIpc) is 2.07. The van der Waals surface area contributed by atoms with Crippen molar-refractivity contribution in [2.24, 2.45) is 0 Å². The van der Waals surface area contributed by atoms with Gasteiger partial charge in [0, 0.05) is 0 Å². The first-order chi connectivity index (χ1) is 6.41. The van der Waals surface area contributed by atoms with E-state index in [2.05, 4.69) is 17.0 Å². The molecule has 0 amide bonds. The third-order valence-electron chi connectivity index (χ3n) is 1.27. The zero-order chi connectivity index (χ0) is 10.8. The lowest BCUT2D eigenvalue weighted by Crippen LogP contribution is -2.26. The molecule has 1 aromatic rings. The van der Waals surface area contributed by atoms with Gasteiger partial charge in [-0.15, -0.1) is 0 Å². The van der Waals surface area contributed by atoms with Gasteiger partial charge < -0.3 is 4.74 Å². The molecule has 0 aliphatic rings. The molecule has 0 unspecified atom stereocenters. The first-order valence-corrected chi connectivity index (χ1v) is 4.23. The van der Waals surface area contributed by atoms with Crippen molar-refractivity contribution in [3.63, 3.8) is 0 Å². The number of ether oxygens (including phenoxy) is 1. The van der Waals surface area contributed by atoms with Gasteiger partial charge in [-0.2, -0.15) is 13.2 Å². The van der Waals surface area contributed by atoms with Crippen molar-refractivity contribution in [1.82, 2.24) is 0 Å². The molecule has 0 heterocycles. The predicted molar refractivity (Wildman–Crippen MR) is 50.7 cm³/mol. The molecule has 0 aromatic heterocycles. The number of thiocarbonyl (C=S) groups is 1. The normalized spacial score (nSPS) is 11.1. The number of halogens is 4.